The van der Waals surface area contributed by atoms with E-state index < -0.39 is 5.60 Å². The highest BCUT2D eigenvalue weighted by atomic mass is 79.9. The second kappa shape index (κ2) is 9.85. The van der Waals surface area contributed by atoms with Crippen molar-refractivity contribution in [2.75, 3.05) is 23.9 Å². The van der Waals surface area contributed by atoms with Crippen LogP contribution in [0.5, 0.6) is 5.75 Å². The molecule has 1 aromatic rings. The molecule has 1 rings (SSSR count). The summed E-state index contributed by atoms with van der Waals surface area (Å²) in [4.78, 5) is 12.5. The number of halogens is 1. The molecule has 0 bridgehead atoms. The van der Waals surface area contributed by atoms with Gasteiger partial charge in [-0.05, 0) is 44.0 Å². The van der Waals surface area contributed by atoms with Gasteiger partial charge in [-0.1, -0.05) is 36.2 Å². The van der Waals surface area contributed by atoms with Crippen LogP contribution in [0, 0.1) is 0 Å². The minimum Gasteiger partial charge on any atom is -0.493 e. The minimum absolute atomic E-state index is 0.100. The maximum atomic E-state index is 12.5. The van der Waals surface area contributed by atoms with Gasteiger partial charge in [0.05, 0.1) is 6.61 Å². The van der Waals surface area contributed by atoms with Gasteiger partial charge < -0.3 is 14.8 Å². The molecule has 0 aliphatic heterocycles. The number of alkyl halides is 1. The van der Waals surface area contributed by atoms with Crippen LogP contribution in [0.3, 0.4) is 0 Å². The number of hydrogen-bond acceptors (Lipinski definition) is 3. The van der Waals surface area contributed by atoms with Gasteiger partial charge in [0.15, 0.2) is 0 Å². The first kappa shape index (κ1) is 19.0. The van der Waals surface area contributed by atoms with Gasteiger partial charge in [-0.2, -0.15) is 0 Å². The Balaban J connectivity index is 2.68. The summed E-state index contributed by atoms with van der Waals surface area (Å²) in [6.07, 6.45) is 2.49. The molecule has 0 saturated carbocycles. The van der Waals surface area contributed by atoms with Crippen LogP contribution in [0.25, 0.3) is 0 Å². The SMILES string of the molecule is CCCOC(C)(CCC)C(=O)Nc1ccc(OCCBr)cc1. The van der Waals surface area contributed by atoms with Crippen molar-refractivity contribution in [3.05, 3.63) is 24.3 Å². The fraction of sp³-hybridized carbons (Fsp3) is 0.588. The summed E-state index contributed by atoms with van der Waals surface area (Å²) in [7, 11) is 0. The number of anilines is 1. The molecule has 1 amide bonds. The van der Waals surface area contributed by atoms with E-state index in [2.05, 4.69) is 28.2 Å². The lowest BCUT2D eigenvalue weighted by Gasteiger charge is -2.28. The van der Waals surface area contributed by atoms with E-state index in [9.17, 15) is 4.79 Å². The molecule has 1 aromatic carbocycles. The molecule has 0 aliphatic carbocycles. The van der Waals surface area contributed by atoms with Crippen molar-refractivity contribution >= 4 is 27.5 Å². The van der Waals surface area contributed by atoms with Crippen molar-refractivity contribution in [1.82, 2.24) is 0 Å². The summed E-state index contributed by atoms with van der Waals surface area (Å²) in [5.74, 6) is 0.688. The number of nitrogens with one attached hydrogen (secondary N) is 1. The molecule has 0 radical (unpaired) electrons. The average molecular weight is 372 g/mol. The van der Waals surface area contributed by atoms with E-state index in [1.54, 1.807) is 0 Å². The molecular formula is C17H26BrNO3. The van der Waals surface area contributed by atoms with Crippen molar-refractivity contribution in [3.8, 4) is 5.75 Å². The predicted octanol–water partition coefficient (Wildman–Crippen LogP) is 4.38. The zero-order valence-corrected chi connectivity index (χ0v) is 15.2. The van der Waals surface area contributed by atoms with Crippen molar-refractivity contribution in [2.45, 2.75) is 45.6 Å². The van der Waals surface area contributed by atoms with Crippen LogP contribution in [-0.2, 0) is 9.53 Å². The van der Waals surface area contributed by atoms with Crippen LogP contribution < -0.4 is 10.1 Å². The first-order valence-electron chi connectivity index (χ1n) is 7.80. The maximum absolute atomic E-state index is 12.5. The second-order valence-corrected chi connectivity index (χ2v) is 6.14. The lowest BCUT2D eigenvalue weighted by Crippen LogP contribution is -2.43. The van der Waals surface area contributed by atoms with E-state index in [4.69, 9.17) is 9.47 Å². The first-order chi connectivity index (χ1) is 10.6. The Morgan fingerprint density at radius 1 is 1.18 bits per heavy atom. The largest absolute Gasteiger partial charge is 0.493 e. The second-order valence-electron chi connectivity index (χ2n) is 5.35. The number of benzene rings is 1. The van der Waals surface area contributed by atoms with Crippen LogP contribution in [0.1, 0.15) is 40.0 Å². The zero-order valence-electron chi connectivity index (χ0n) is 13.7. The third-order valence-electron chi connectivity index (χ3n) is 3.29. The summed E-state index contributed by atoms with van der Waals surface area (Å²) in [6, 6.07) is 7.38. The molecule has 0 heterocycles. The molecule has 0 saturated heterocycles. The minimum atomic E-state index is -0.782. The number of carbonyl (C=O) groups is 1. The lowest BCUT2D eigenvalue weighted by atomic mass is 9.99. The summed E-state index contributed by atoms with van der Waals surface area (Å²) < 4.78 is 11.3. The number of rotatable bonds is 10. The number of carbonyl (C=O) groups excluding carboxylic acids is 1. The van der Waals surface area contributed by atoms with E-state index in [1.807, 2.05) is 38.1 Å². The van der Waals surface area contributed by atoms with Crippen LogP contribution in [0.4, 0.5) is 5.69 Å². The van der Waals surface area contributed by atoms with Gasteiger partial charge in [0.2, 0.25) is 0 Å². The van der Waals surface area contributed by atoms with Gasteiger partial charge in [0.25, 0.3) is 5.91 Å². The van der Waals surface area contributed by atoms with E-state index in [0.717, 1.165) is 29.6 Å². The van der Waals surface area contributed by atoms with E-state index >= 15 is 0 Å². The van der Waals surface area contributed by atoms with Crippen molar-refractivity contribution in [3.63, 3.8) is 0 Å². The Morgan fingerprint density at radius 3 is 2.41 bits per heavy atom. The monoisotopic (exact) mass is 371 g/mol. The molecule has 0 aromatic heterocycles. The molecule has 1 unspecified atom stereocenters. The molecule has 5 heteroatoms. The van der Waals surface area contributed by atoms with Gasteiger partial charge in [-0.15, -0.1) is 0 Å². The molecule has 0 spiro atoms. The van der Waals surface area contributed by atoms with Crippen LogP contribution in [-0.4, -0.2) is 30.1 Å². The van der Waals surface area contributed by atoms with E-state index in [0.29, 0.717) is 19.6 Å². The Kier molecular flexibility index (Phi) is 8.49. The Hall–Kier alpha value is -1.07. The molecule has 1 N–H and O–H groups in total. The van der Waals surface area contributed by atoms with Gasteiger partial charge >= 0.3 is 0 Å². The van der Waals surface area contributed by atoms with Crippen LogP contribution in [0.15, 0.2) is 24.3 Å². The Labute approximate surface area is 141 Å². The summed E-state index contributed by atoms with van der Waals surface area (Å²) in [6.45, 7) is 7.15. The number of amides is 1. The zero-order chi connectivity index (χ0) is 16.4. The molecule has 0 aliphatic rings. The molecule has 1 atom stereocenters. The van der Waals surface area contributed by atoms with Crippen molar-refractivity contribution in [2.24, 2.45) is 0 Å². The fourth-order valence-electron chi connectivity index (χ4n) is 2.11. The highest BCUT2D eigenvalue weighted by molar-refractivity contribution is 9.09. The van der Waals surface area contributed by atoms with Crippen LogP contribution >= 0.6 is 15.9 Å². The lowest BCUT2D eigenvalue weighted by molar-refractivity contribution is -0.140. The molecule has 22 heavy (non-hydrogen) atoms. The highest BCUT2D eigenvalue weighted by Gasteiger charge is 2.33. The summed E-state index contributed by atoms with van der Waals surface area (Å²) in [5.41, 5.74) is -0.0331. The topological polar surface area (TPSA) is 47.6 Å². The molecular weight excluding hydrogens is 346 g/mol. The van der Waals surface area contributed by atoms with Gasteiger partial charge in [0.1, 0.15) is 11.4 Å². The third-order valence-corrected chi connectivity index (χ3v) is 3.61. The van der Waals surface area contributed by atoms with Crippen LogP contribution in [0.2, 0.25) is 0 Å². The van der Waals surface area contributed by atoms with E-state index in [1.165, 1.54) is 0 Å². The number of hydrogen-bond donors (Lipinski definition) is 1. The van der Waals surface area contributed by atoms with Gasteiger partial charge in [0, 0.05) is 17.6 Å². The molecule has 0 fully saturated rings. The highest BCUT2D eigenvalue weighted by Crippen LogP contribution is 2.22. The summed E-state index contributed by atoms with van der Waals surface area (Å²) >= 11 is 3.32. The Bertz CT molecular complexity index is 450. The maximum Gasteiger partial charge on any atom is 0.256 e. The van der Waals surface area contributed by atoms with E-state index in [-0.39, 0.29) is 5.91 Å². The third kappa shape index (κ3) is 5.97. The van der Waals surface area contributed by atoms with Crippen molar-refractivity contribution < 1.29 is 14.3 Å². The van der Waals surface area contributed by atoms with Gasteiger partial charge in [-0.3, -0.25) is 4.79 Å². The summed E-state index contributed by atoms with van der Waals surface area (Å²) in [5, 5.41) is 3.72. The van der Waals surface area contributed by atoms with Gasteiger partial charge in [-0.25, -0.2) is 0 Å². The standard InChI is InChI=1S/C17H26BrNO3/c1-4-10-17(3,22-12-5-2)16(20)19-14-6-8-15(9-7-14)21-13-11-18/h6-9H,4-5,10-13H2,1-3H3,(H,19,20). The molecule has 4 nitrogen and oxygen atoms in total. The molecule has 124 valence electrons. The smallest absolute Gasteiger partial charge is 0.256 e. The Morgan fingerprint density at radius 2 is 1.86 bits per heavy atom. The average Bonchev–Trinajstić information content (AvgIpc) is 2.52. The van der Waals surface area contributed by atoms with Crippen molar-refractivity contribution in [1.29, 1.82) is 0 Å². The predicted molar refractivity (Wildman–Crippen MR) is 93.9 cm³/mol. The number of ether oxygens (including phenoxy) is 2. The normalized spacial score (nSPS) is 13.5. The fourth-order valence-corrected chi connectivity index (χ4v) is 2.27. The first-order valence-corrected chi connectivity index (χ1v) is 8.92. The quantitative estimate of drug-likeness (QED) is 0.620.